The van der Waals surface area contributed by atoms with Gasteiger partial charge in [0, 0.05) is 24.8 Å². The van der Waals surface area contributed by atoms with Gasteiger partial charge in [0.1, 0.15) is 5.41 Å². The highest BCUT2D eigenvalue weighted by Crippen LogP contribution is 2.56. The highest BCUT2D eigenvalue weighted by Gasteiger charge is 2.71. The predicted octanol–water partition coefficient (Wildman–Crippen LogP) is 2.74. The van der Waals surface area contributed by atoms with Gasteiger partial charge in [-0.3, -0.25) is 9.69 Å². The first-order valence-electron chi connectivity index (χ1n) is 11.0. The van der Waals surface area contributed by atoms with Crippen LogP contribution in [0.15, 0.2) is 48.5 Å². The Hall–Kier alpha value is -1.92. The van der Waals surface area contributed by atoms with Crippen molar-refractivity contribution in [2.24, 2.45) is 5.41 Å². The first-order valence-corrected chi connectivity index (χ1v) is 11.0. The van der Waals surface area contributed by atoms with Crippen LogP contribution in [0, 0.1) is 12.3 Å². The number of aryl methyl sites for hydroxylation is 1. The molecule has 0 saturated carbocycles. The van der Waals surface area contributed by atoms with E-state index in [0.29, 0.717) is 6.04 Å². The maximum atomic E-state index is 13.1. The van der Waals surface area contributed by atoms with Gasteiger partial charge < -0.3 is 15.1 Å². The summed E-state index contributed by atoms with van der Waals surface area (Å²) in [5.74, 6) is -0.156. The molecule has 1 aliphatic carbocycles. The van der Waals surface area contributed by atoms with Crippen LogP contribution in [-0.2, 0) is 17.6 Å². The van der Waals surface area contributed by atoms with Gasteiger partial charge in [0.15, 0.2) is 0 Å². The Kier molecular flexibility index (Phi) is 5.90. The zero-order valence-electron chi connectivity index (χ0n) is 18.0. The van der Waals surface area contributed by atoms with Crippen LogP contribution in [0.25, 0.3) is 0 Å². The lowest BCUT2D eigenvalue weighted by atomic mass is 9.56. The first kappa shape index (κ1) is 22.3. The van der Waals surface area contributed by atoms with E-state index in [4.69, 9.17) is 0 Å². The molecule has 0 aromatic heterocycles. The molecule has 5 rings (SSSR count). The van der Waals surface area contributed by atoms with Crippen molar-refractivity contribution in [2.75, 3.05) is 31.2 Å². The molecule has 2 fully saturated rings. The topological polar surface area (TPSA) is 64.0 Å². The third kappa shape index (κ3) is 3.05. The van der Waals surface area contributed by atoms with Gasteiger partial charge in [0.25, 0.3) is 0 Å². The summed E-state index contributed by atoms with van der Waals surface area (Å²) < 4.78 is 0. The molecule has 0 bridgehead atoms. The van der Waals surface area contributed by atoms with Gasteiger partial charge in [-0.15, -0.1) is 12.4 Å². The van der Waals surface area contributed by atoms with E-state index >= 15 is 0 Å². The highest BCUT2D eigenvalue weighted by molar-refractivity contribution is 6.08. The van der Waals surface area contributed by atoms with E-state index < -0.39 is 11.0 Å². The van der Waals surface area contributed by atoms with Crippen molar-refractivity contribution in [1.82, 2.24) is 4.90 Å². The molecule has 0 radical (unpaired) electrons. The summed E-state index contributed by atoms with van der Waals surface area (Å²) in [6.45, 7) is 3.33. The van der Waals surface area contributed by atoms with Crippen LogP contribution < -0.4 is 4.90 Å². The minimum Gasteiger partial charge on any atom is -0.395 e. The van der Waals surface area contributed by atoms with Crippen molar-refractivity contribution in [3.05, 3.63) is 65.2 Å². The smallest absolute Gasteiger partial charge is 0.240 e. The van der Waals surface area contributed by atoms with Crippen molar-refractivity contribution in [2.45, 2.75) is 44.2 Å². The molecule has 2 N–H and O–H groups in total. The van der Waals surface area contributed by atoms with E-state index in [1.54, 1.807) is 0 Å². The molecule has 2 heterocycles. The quantitative estimate of drug-likeness (QED) is 0.715. The van der Waals surface area contributed by atoms with Crippen LogP contribution in [0.3, 0.4) is 0 Å². The summed E-state index contributed by atoms with van der Waals surface area (Å²) in [6.07, 6.45) is 3.69. The summed E-state index contributed by atoms with van der Waals surface area (Å²) in [5.41, 5.74) is 3.59. The maximum absolute atomic E-state index is 13.1. The molecule has 3 aliphatic rings. The van der Waals surface area contributed by atoms with E-state index in [-0.39, 0.29) is 31.5 Å². The van der Waals surface area contributed by atoms with Crippen LogP contribution in [-0.4, -0.2) is 58.9 Å². The van der Waals surface area contributed by atoms with Gasteiger partial charge in [-0.2, -0.15) is 0 Å². The van der Waals surface area contributed by atoms with Gasteiger partial charge in [-0.1, -0.05) is 36.4 Å². The number of nitrogens with zero attached hydrogens (tertiary/aromatic N) is 2. The van der Waals surface area contributed by atoms with Gasteiger partial charge in [0.2, 0.25) is 5.91 Å². The molecule has 31 heavy (non-hydrogen) atoms. The number of carbonyl (C=O) groups is 1. The second-order valence-corrected chi connectivity index (χ2v) is 9.22. The van der Waals surface area contributed by atoms with Gasteiger partial charge in [-0.05, 0) is 61.4 Å². The maximum Gasteiger partial charge on any atom is 0.240 e. The summed E-state index contributed by atoms with van der Waals surface area (Å²) in [7, 11) is 0. The Labute approximate surface area is 190 Å². The Morgan fingerprint density at radius 1 is 0.968 bits per heavy atom. The lowest BCUT2D eigenvalue weighted by Gasteiger charge is -2.66. The SMILES string of the molecule is Cc1cccc2c1CC(N1CCC3(CC1)N(c1ccccc1)C(=O)C3(CO)CO)C2.Cl. The fourth-order valence-electron chi connectivity index (χ4n) is 6.22. The number of fused-ring (bicyclic) bond motifs is 1. The standard InChI is InChI=1S/C25H30N2O3.ClH/c1-18-6-5-7-19-14-21(15-22(18)19)26-12-10-25(11-13-26)24(16-28,17-29)23(30)27(25)20-8-3-2-4-9-20;/h2-9,21,28-29H,10-17H2,1H3;1H. The molecule has 1 atom stereocenters. The number of carbonyl (C=O) groups excluding carboxylic acids is 1. The number of anilines is 1. The average molecular weight is 443 g/mol. The molecule has 2 aliphatic heterocycles. The second kappa shape index (κ2) is 8.21. The van der Waals surface area contributed by atoms with Crippen LogP contribution >= 0.6 is 12.4 Å². The van der Waals surface area contributed by atoms with Crippen molar-refractivity contribution in [3.8, 4) is 0 Å². The number of hydrogen-bond donors (Lipinski definition) is 2. The number of para-hydroxylation sites is 1. The number of halogens is 1. The lowest BCUT2D eigenvalue weighted by molar-refractivity contribution is -0.164. The number of hydrogen-bond acceptors (Lipinski definition) is 4. The molecule has 1 amide bonds. The van der Waals surface area contributed by atoms with Crippen LogP contribution in [0.2, 0.25) is 0 Å². The molecule has 2 aromatic carbocycles. The number of rotatable bonds is 4. The first-order chi connectivity index (χ1) is 14.6. The number of aliphatic hydroxyl groups excluding tert-OH is 2. The van der Waals surface area contributed by atoms with Gasteiger partial charge >= 0.3 is 0 Å². The van der Waals surface area contributed by atoms with Crippen molar-refractivity contribution in [1.29, 1.82) is 0 Å². The fourth-order valence-corrected chi connectivity index (χ4v) is 6.22. The zero-order chi connectivity index (χ0) is 20.9. The third-order valence-electron chi connectivity index (χ3n) is 8.03. The second-order valence-electron chi connectivity index (χ2n) is 9.22. The van der Waals surface area contributed by atoms with E-state index in [1.807, 2.05) is 35.2 Å². The molecule has 166 valence electrons. The summed E-state index contributed by atoms with van der Waals surface area (Å²) >= 11 is 0. The Balaban J connectivity index is 0.00000231. The molecule has 5 nitrogen and oxygen atoms in total. The Morgan fingerprint density at radius 3 is 2.26 bits per heavy atom. The van der Waals surface area contributed by atoms with Crippen molar-refractivity contribution >= 4 is 24.0 Å². The Morgan fingerprint density at radius 2 is 1.65 bits per heavy atom. The predicted molar refractivity (Wildman–Crippen MR) is 124 cm³/mol. The number of aliphatic hydroxyl groups is 2. The van der Waals surface area contributed by atoms with E-state index in [2.05, 4.69) is 30.0 Å². The van der Waals surface area contributed by atoms with E-state index in [0.717, 1.165) is 44.5 Å². The normalized spacial score (nSPS) is 23.9. The van der Waals surface area contributed by atoms with E-state index in [1.165, 1.54) is 16.7 Å². The Bertz CT molecular complexity index is 952. The van der Waals surface area contributed by atoms with Gasteiger partial charge in [-0.25, -0.2) is 0 Å². The lowest BCUT2D eigenvalue weighted by Crippen LogP contribution is -2.83. The van der Waals surface area contributed by atoms with E-state index in [9.17, 15) is 15.0 Å². The zero-order valence-corrected chi connectivity index (χ0v) is 18.8. The molecular weight excluding hydrogens is 412 g/mol. The monoisotopic (exact) mass is 442 g/mol. The fraction of sp³-hybridized carbons (Fsp3) is 0.480. The van der Waals surface area contributed by atoms with Crippen molar-refractivity contribution < 1.29 is 15.0 Å². The van der Waals surface area contributed by atoms with Crippen LogP contribution in [0.1, 0.15) is 29.5 Å². The average Bonchev–Trinajstić information content (AvgIpc) is 3.22. The molecule has 2 aromatic rings. The third-order valence-corrected chi connectivity index (χ3v) is 8.03. The van der Waals surface area contributed by atoms with Crippen LogP contribution in [0.4, 0.5) is 5.69 Å². The highest BCUT2D eigenvalue weighted by atomic mass is 35.5. The number of amides is 1. The molecule has 2 saturated heterocycles. The summed E-state index contributed by atoms with van der Waals surface area (Å²) in [4.78, 5) is 17.5. The minimum atomic E-state index is -1.08. The number of benzene rings is 2. The van der Waals surface area contributed by atoms with Crippen molar-refractivity contribution in [3.63, 3.8) is 0 Å². The van der Waals surface area contributed by atoms with Gasteiger partial charge in [0.05, 0.1) is 18.8 Å². The summed E-state index contributed by atoms with van der Waals surface area (Å²) in [5, 5.41) is 20.4. The number of piperidine rings is 1. The number of β-lactam (4-membered cyclic amide) rings is 1. The largest absolute Gasteiger partial charge is 0.395 e. The number of likely N-dealkylation sites (tertiary alicyclic amines) is 1. The summed E-state index contributed by atoms with van der Waals surface area (Å²) in [6, 6.07) is 16.8. The van der Waals surface area contributed by atoms with Crippen LogP contribution in [0.5, 0.6) is 0 Å². The molecule has 1 spiro atoms. The molecular formula is C25H31ClN2O3. The molecule has 6 heteroatoms. The minimum absolute atomic E-state index is 0. The molecule has 1 unspecified atom stereocenters.